The summed E-state index contributed by atoms with van der Waals surface area (Å²) >= 11 is 13.6. The smallest absolute Gasteiger partial charge is 0.291 e. The van der Waals surface area contributed by atoms with E-state index in [4.69, 9.17) is 33.0 Å². The summed E-state index contributed by atoms with van der Waals surface area (Å²) in [5, 5.41) is 10.2. The summed E-state index contributed by atoms with van der Waals surface area (Å²) in [4.78, 5) is 18.4. The number of nitrogens with zero attached hydrogens (tertiary/aromatic N) is 5. The minimum Gasteiger partial charge on any atom is -0.494 e. The van der Waals surface area contributed by atoms with Crippen molar-refractivity contribution in [1.29, 1.82) is 0 Å². The molecule has 0 aliphatic carbocycles. The van der Waals surface area contributed by atoms with Crippen molar-refractivity contribution in [3.63, 3.8) is 0 Å². The maximum absolute atomic E-state index is 13.3. The van der Waals surface area contributed by atoms with E-state index in [0.717, 1.165) is 34.7 Å². The van der Waals surface area contributed by atoms with Gasteiger partial charge in [-0.1, -0.05) is 59.7 Å². The van der Waals surface area contributed by atoms with E-state index in [-0.39, 0.29) is 5.56 Å². The molecule has 0 bridgehead atoms. The molecule has 10 heteroatoms. The minimum absolute atomic E-state index is 0.263. The van der Waals surface area contributed by atoms with Crippen molar-refractivity contribution >= 4 is 45.6 Å². The van der Waals surface area contributed by atoms with E-state index in [1.165, 1.54) is 15.9 Å². The van der Waals surface area contributed by atoms with E-state index in [1.54, 1.807) is 18.2 Å². The number of benzene rings is 3. The molecule has 3 aromatic heterocycles. The van der Waals surface area contributed by atoms with Gasteiger partial charge in [0.2, 0.25) is 4.96 Å². The Hall–Kier alpha value is -3.98. The van der Waals surface area contributed by atoms with Crippen LogP contribution in [0, 0.1) is 0 Å². The Balaban J connectivity index is 1.44. The molecule has 0 saturated carbocycles. The average molecular weight is 574 g/mol. The summed E-state index contributed by atoms with van der Waals surface area (Å²) in [6.45, 7) is 2.73. The SMILES string of the molecule is CCCOc1ccc(-c2nn(-c3ccccc3)cc2C=c2sc3nc(-c4ccc(Cl)cc4Cl)nn3c2=O)cc1. The number of aromatic nitrogens is 5. The van der Waals surface area contributed by atoms with Crippen LogP contribution in [0.3, 0.4) is 0 Å². The Kier molecular flexibility index (Phi) is 6.91. The highest BCUT2D eigenvalue weighted by Gasteiger charge is 2.16. The van der Waals surface area contributed by atoms with E-state index in [1.807, 2.05) is 71.6 Å². The molecule has 0 amide bonds. The number of para-hydroxylation sites is 1. The van der Waals surface area contributed by atoms with Crippen LogP contribution in [0.4, 0.5) is 0 Å². The lowest BCUT2D eigenvalue weighted by Gasteiger charge is -2.05. The Morgan fingerprint density at radius 1 is 1.00 bits per heavy atom. The molecule has 0 radical (unpaired) electrons. The third-order valence-corrected chi connectivity index (χ3v) is 7.51. The molecule has 3 aromatic carbocycles. The quantitative estimate of drug-likeness (QED) is 0.223. The van der Waals surface area contributed by atoms with E-state index < -0.39 is 0 Å². The van der Waals surface area contributed by atoms with E-state index in [9.17, 15) is 4.79 Å². The summed E-state index contributed by atoms with van der Waals surface area (Å²) < 4.78 is 9.35. The van der Waals surface area contributed by atoms with Gasteiger partial charge in [0.1, 0.15) is 11.4 Å². The highest BCUT2D eigenvalue weighted by Crippen LogP contribution is 2.29. The fourth-order valence-corrected chi connectivity index (χ4v) is 5.51. The van der Waals surface area contributed by atoms with E-state index in [0.29, 0.717) is 37.5 Å². The molecule has 0 unspecified atom stereocenters. The standard InChI is InChI=1S/C29H21Cl2N5O2S/c1-2-14-38-22-11-8-18(9-12-22)26-19(17-35(33-26)21-6-4-3-5-7-21)15-25-28(37)36-29(39-25)32-27(34-36)23-13-10-20(30)16-24(23)31/h3-13,15-17H,2,14H2,1H3. The maximum atomic E-state index is 13.3. The zero-order valence-corrected chi connectivity index (χ0v) is 23.0. The Bertz CT molecular complexity index is 1900. The van der Waals surface area contributed by atoms with Gasteiger partial charge in [-0.2, -0.15) is 14.6 Å². The highest BCUT2D eigenvalue weighted by molar-refractivity contribution is 7.15. The first-order valence-corrected chi connectivity index (χ1v) is 13.8. The first kappa shape index (κ1) is 25.3. The third-order valence-electron chi connectivity index (χ3n) is 6.00. The van der Waals surface area contributed by atoms with Crippen molar-refractivity contribution in [1.82, 2.24) is 24.4 Å². The largest absolute Gasteiger partial charge is 0.494 e. The van der Waals surface area contributed by atoms with Gasteiger partial charge in [0.05, 0.1) is 21.8 Å². The van der Waals surface area contributed by atoms with Crippen LogP contribution in [0.25, 0.3) is 39.4 Å². The number of thiazole rings is 1. The summed E-state index contributed by atoms with van der Waals surface area (Å²) in [5.74, 6) is 1.17. The number of fused-ring (bicyclic) bond motifs is 1. The lowest BCUT2D eigenvalue weighted by Crippen LogP contribution is -2.23. The second kappa shape index (κ2) is 10.6. The lowest BCUT2D eigenvalue weighted by molar-refractivity contribution is 0.317. The molecule has 0 aliphatic rings. The van der Waals surface area contributed by atoms with Crippen LogP contribution in [0.2, 0.25) is 10.0 Å². The number of hydrogen-bond donors (Lipinski definition) is 0. The first-order valence-electron chi connectivity index (χ1n) is 12.2. The monoisotopic (exact) mass is 573 g/mol. The van der Waals surface area contributed by atoms with Crippen LogP contribution in [0.1, 0.15) is 18.9 Å². The van der Waals surface area contributed by atoms with Crippen LogP contribution in [-0.2, 0) is 0 Å². The molecule has 7 nitrogen and oxygen atoms in total. The summed E-state index contributed by atoms with van der Waals surface area (Å²) in [6, 6.07) is 22.7. The third kappa shape index (κ3) is 5.06. The van der Waals surface area contributed by atoms with Crippen molar-refractivity contribution in [2.75, 3.05) is 6.61 Å². The predicted octanol–water partition coefficient (Wildman–Crippen LogP) is 6.31. The van der Waals surface area contributed by atoms with Crippen LogP contribution < -0.4 is 14.8 Å². The Morgan fingerprint density at radius 3 is 2.51 bits per heavy atom. The molecule has 0 spiro atoms. The van der Waals surface area contributed by atoms with Crippen molar-refractivity contribution < 1.29 is 4.74 Å². The van der Waals surface area contributed by atoms with Crippen molar-refractivity contribution in [2.24, 2.45) is 0 Å². The van der Waals surface area contributed by atoms with E-state index >= 15 is 0 Å². The fourth-order valence-electron chi connectivity index (χ4n) is 4.12. The molecule has 6 rings (SSSR count). The van der Waals surface area contributed by atoms with Crippen molar-refractivity contribution in [3.8, 4) is 34.1 Å². The number of rotatable bonds is 7. The van der Waals surface area contributed by atoms with Crippen LogP contribution >= 0.6 is 34.5 Å². The average Bonchev–Trinajstić information content (AvgIpc) is 3.63. The van der Waals surface area contributed by atoms with Crippen LogP contribution in [-0.4, -0.2) is 31.0 Å². The van der Waals surface area contributed by atoms with Gasteiger partial charge in [-0.05, 0) is 67.1 Å². The molecule has 39 heavy (non-hydrogen) atoms. The van der Waals surface area contributed by atoms with Gasteiger partial charge >= 0.3 is 0 Å². The summed E-state index contributed by atoms with van der Waals surface area (Å²) in [6.07, 6.45) is 4.69. The van der Waals surface area contributed by atoms with Gasteiger partial charge in [0.15, 0.2) is 5.82 Å². The summed E-state index contributed by atoms with van der Waals surface area (Å²) in [5.41, 5.74) is 3.71. The molecular formula is C29H21Cl2N5O2S. The Labute approximate surface area is 237 Å². The lowest BCUT2D eigenvalue weighted by atomic mass is 10.1. The molecule has 0 saturated heterocycles. The number of halogens is 2. The highest BCUT2D eigenvalue weighted by atomic mass is 35.5. The van der Waals surface area contributed by atoms with Gasteiger partial charge in [0.25, 0.3) is 5.56 Å². The topological polar surface area (TPSA) is 74.3 Å². The fraction of sp³-hybridized carbons (Fsp3) is 0.103. The van der Waals surface area contributed by atoms with Gasteiger partial charge in [-0.25, -0.2) is 4.68 Å². The molecular weight excluding hydrogens is 553 g/mol. The second-order valence-corrected chi connectivity index (χ2v) is 10.6. The molecule has 0 fully saturated rings. The van der Waals surface area contributed by atoms with Gasteiger partial charge < -0.3 is 4.74 Å². The van der Waals surface area contributed by atoms with Gasteiger partial charge in [-0.3, -0.25) is 4.79 Å². The van der Waals surface area contributed by atoms with Crippen LogP contribution in [0.15, 0.2) is 83.8 Å². The molecule has 3 heterocycles. The predicted molar refractivity (Wildman–Crippen MR) is 156 cm³/mol. The second-order valence-electron chi connectivity index (χ2n) is 8.76. The number of hydrogen-bond acceptors (Lipinski definition) is 6. The van der Waals surface area contributed by atoms with Crippen molar-refractivity contribution in [3.05, 3.63) is 109 Å². The summed E-state index contributed by atoms with van der Waals surface area (Å²) in [7, 11) is 0. The number of ether oxygens (including phenoxy) is 1. The molecule has 0 aliphatic heterocycles. The van der Waals surface area contributed by atoms with Crippen molar-refractivity contribution in [2.45, 2.75) is 13.3 Å². The maximum Gasteiger partial charge on any atom is 0.291 e. The normalized spacial score (nSPS) is 11.9. The molecule has 0 N–H and O–H groups in total. The molecule has 6 aromatic rings. The zero-order valence-electron chi connectivity index (χ0n) is 20.7. The minimum atomic E-state index is -0.263. The Morgan fingerprint density at radius 2 is 1.79 bits per heavy atom. The zero-order chi connectivity index (χ0) is 26.9. The molecule has 0 atom stereocenters. The van der Waals surface area contributed by atoms with Gasteiger partial charge in [0, 0.05) is 27.9 Å². The molecule has 194 valence electrons. The van der Waals surface area contributed by atoms with Crippen LogP contribution in [0.5, 0.6) is 5.75 Å². The first-order chi connectivity index (χ1) is 19.0. The van der Waals surface area contributed by atoms with Gasteiger partial charge in [-0.15, -0.1) is 5.10 Å². The van der Waals surface area contributed by atoms with E-state index in [2.05, 4.69) is 17.0 Å².